The predicted molar refractivity (Wildman–Crippen MR) is 80.2 cm³/mol. The Morgan fingerprint density at radius 2 is 2.00 bits per heavy atom. The van der Waals surface area contributed by atoms with E-state index >= 15 is 0 Å². The van der Waals surface area contributed by atoms with Crippen molar-refractivity contribution >= 4 is 23.0 Å². The molecule has 2 heterocycles. The van der Waals surface area contributed by atoms with Crippen LogP contribution in [0.3, 0.4) is 0 Å². The molecule has 2 aromatic carbocycles. The van der Waals surface area contributed by atoms with Gasteiger partial charge in [-0.05, 0) is 29.7 Å². The summed E-state index contributed by atoms with van der Waals surface area (Å²) in [6, 6.07) is 15.2. The molecule has 0 fully saturated rings. The number of fused-ring (bicyclic) bond motifs is 5. The number of benzene rings is 2. The zero-order chi connectivity index (χ0) is 12.8. The van der Waals surface area contributed by atoms with Crippen LogP contribution in [-0.4, -0.2) is 13.1 Å². The summed E-state index contributed by atoms with van der Waals surface area (Å²) < 4.78 is 0. The van der Waals surface area contributed by atoms with Crippen molar-refractivity contribution < 1.29 is 0 Å². The molecule has 1 atom stereocenters. The summed E-state index contributed by atoms with van der Waals surface area (Å²) >= 11 is 6.41. The van der Waals surface area contributed by atoms with Gasteiger partial charge in [0.2, 0.25) is 0 Å². The fourth-order valence-corrected chi connectivity index (χ4v) is 3.58. The molecule has 4 rings (SSSR count). The first-order valence-electron chi connectivity index (χ1n) is 6.71. The summed E-state index contributed by atoms with van der Waals surface area (Å²) in [7, 11) is 0. The topological polar surface area (TPSA) is 15.3 Å². The minimum atomic E-state index is 0.400. The van der Waals surface area contributed by atoms with Gasteiger partial charge in [-0.25, -0.2) is 0 Å². The lowest BCUT2D eigenvalue weighted by molar-refractivity contribution is 0.591. The second-order valence-electron chi connectivity index (χ2n) is 5.17. The van der Waals surface area contributed by atoms with Gasteiger partial charge in [0.05, 0.1) is 22.4 Å². The molecular weight excluding hydrogens is 256 g/mol. The van der Waals surface area contributed by atoms with Crippen LogP contribution >= 0.6 is 11.6 Å². The van der Waals surface area contributed by atoms with Gasteiger partial charge in [0, 0.05) is 13.1 Å². The Bertz CT molecular complexity index is 638. The van der Waals surface area contributed by atoms with Crippen LogP contribution in [0.2, 0.25) is 5.02 Å². The molecule has 2 aliphatic heterocycles. The van der Waals surface area contributed by atoms with Crippen molar-refractivity contribution in [1.82, 2.24) is 0 Å². The van der Waals surface area contributed by atoms with Gasteiger partial charge in [-0.1, -0.05) is 41.9 Å². The molecule has 0 aromatic heterocycles. The first kappa shape index (κ1) is 11.2. The van der Waals surface area contributed by atoms with Crippen LogP contribution in [0.1, 0.15) is 17.2 Å². The van der Waals surface area contributed by atoms with Gasteiger partial charge in [0.25, 0.3) is 0 Å². The number of nitrogens with zero attached hydrogens (tertiary/aromatic N) is 1. The van der Waals surface area contributed by atoms with E-state index in [2.05, 4.69) is 40.5 Å². The molecule has 2 aromatic rings. The number of nitrogens with one attached hydrogen (secondary N) is 1. The van der Waals surface area contributed by atoms with E-state index in [4.69, 9.17) is 11.6 Å². The van der Waals surface area contributed by atoms with E-state index in [1.807, 2.05) is 12.1 Å². The molecule has 0 aliphatic carbocycles. The standard InChI is InChI=1S/C16H15ClN2/c17-13-6-3-7-14-16(13)19-9-8-11-4-1-2-5-12(11)15(19)10-18-14/h1-7,15,18H,8-10H2. The average molecular weight is 271 g/mol. The van der Waals surface area contributed by atoms with Crippen LogP contribution in [0.15, 0.2) is 42.5 Å². The lowest BCUT2D eigenvalue weighted by Gasteiger charge is -2.43. The van der Waals surface area contributed by atoms with Crippen LogP contribution in [0.4, 0.5) is 11.4 Å². The highest BCUT2D eigenvalue weighted by atomic mass is 35.5. The quantitative estimate of drug-likeness (QED) is 0.782. The minimum Gasteiger partial charge on any atom is -0.381 e. The third-order valence-corrected chi connectivity index (χ3v) is 4.48. The number of hydrogen-bond acceptors (Lipinski definition) is 2. The van der Waals surface area contributed by atoms with Crippen LogP contribution in [0, 0.1) is 0 Å². The molecule has 0 spiro atoms. The summed E-state index contributed by atoms with van der Waals surface area (Å²) in [5, 5.41) is 4.36. The molecule has 2 nitrogen and oxygen atoms in total. The van der Waals surface area contributed by atoms with Crippen molar-refractivity contribution in [2.75, 3.05) is 23.3 Å². The van der Waals surface area contributed by atoms with Gasteiger partial charge in [0.15, 0.2) is 0 Å². The molecule has 0 bridgehead atoms. The summed E-state index contributed by atoms with van der Waals surface area (Å²) in [6.07, 6.45) is 1.09. The number of hydrogen-bond donors (Lipinski definition) is 1. The third kappa shape index (κ3) is 1.63. The second-order valence-corrected chi connectivity index (χ2v) is 5.58. The van der Waals surface area contributed by atoms with E-state index in [1.165, 1.54) is 11.1 Å². The Kier molecular flexibility index (Phi) is 2.46. The van der Waals surface area contributed by atoms with E-state index in [0.29, 0.717) is 6.04 Å². The maximum absolute atomic E-state index is 6.41. The third-order valence-electron chi connectivity index (χ3n) is 4.17. The van der Waals surface area contributed by atoms with Crippen LogP contribution in [-0.2, 0) is 6.42 Å². The van der Waals surface area contributed by atoms with Crippen molar-refractivity contribution in [3.8, 4) is 0 Å². The molecule has 96 valence electrons. The largest absolute Gasteiger partial charge is 0.381 e. The molecule has 0 radical (unpaired) electrons. The van der Waals surface area contributed by atoms with Gasteiger partial charge < -0.3 is 10.2 Å². The zero-order valence-electron chi connectivity index (χ0n) is 10.6. The molecule has 3 heteroatoms. The van der Waals surface area contributed by atoms with Gasteiger partial charge in [-0.15, -0.1) is 0 Å². The Labute approximate surface area is 118 Å². The zero-order valence-corrected chi connectivity index (χ0v) is 11.3. The van der Waals surface area contributed by atoms with E-state index in [-0.39, 0.29) is 0 Å². The van der Waals surface area contributed by atoms with Crippen LogP contribution < -0.4 is 10.2 Å². The Morgan fingerprint density at radius 3 is 2.95 bits per heavy atom. The normalized spacial score (nSPS) is 20.1. The van der Waals surface area contributed by atoms with E-state index in [0.717, 1.165) is 35.9 Å². The fourth-order valence-electron chi connectivity index (χ4n) is 3.30. The number of rotatable bonds is 0. The van der Waals surface area contributed by atoms with Gasteiger partial charge in [0.1, 0.15) is 0 Å². The Morgan fingerprint density at radius 1 is 1.11 bits per heavy atom. The fraction of sp³-hybridized carbons (Fsp3) is 0.250. The minimum absolute atomic E-state index is 0.400. The van der Waals surface area contributed by atoms with Crippen molar-refractivity contribution in [2.45, 2.75) is 12.5 Å². The summed E-state index contributed by atoms with van der Waals surface area (Å²) in [6.45, 7) is 1.99. The summed E-state index contributed by atoms with van der Waals surface area (Å²) in [5.41, 5.74) is 5.23. The maximum Gasteiger partial charge on any atom is 0.0797 e. The first-order valence-corrected chi connectivity index (χ1v) is 7.09. The predicted octanol–water partition coefficient (Wildman–Crippen LogP) is 3.87. The van der Waals surface area contributed by atoms with Crippen molar-refractivity contribution in [3.05, 3.63) is 58.6 Å². The number of halogens is 1. The van der Waals surface area contributed by atoms with E-state index in [9.17, 15) is 0 Å². The molecule has 2 aliphatic rings. The van der Waals surface area contributed by atoms with Crippen LogP contribution in [0.5, 0.6) is 0 Å². The lowest BCUT2D eigenvalue weighted by atomic mass is 9.90. The monoisotopic (exact) mass is 270 g/mol. The van der Waals surface area contributed by atoms with E-state index in [1.54, 1.807) is 0 Å². The molecule has 0 saturated carbocycles. The molecule has 0 amide bonds. The Balaban J connectivity index is 1.85. The SMILES string of the molecule is Clc1cccc2c1N1CCc3ccccc3C1CN2. The molecular formula is C16H15ClN2. The molecule has 19 heavy (non-hydrogen) atoms. The summed E-state index contributed by atoms with van der Waals surface area (Å²) in [4.78, 5) is 2.45. The van der Waals surface area contributed by atoms with Gasteiger partial charge >= 0.3 is 0 Å². The average Bonchev–Trinajstić information content (AvgIpc) is 2.46. The maximum atomic E-state index is 6.41. The smallest absolute Gasteiger partial charge is 0.0797 e. The molecule has 1 N–H and O–H groups in total. The van der Waals surface area contributed by atoms with Crippen molar-refractivity contribution in [1.29, 1.82) is 0 Å². The number of anilines is 2. The van der Waals surface area contributed by atoms with Crippen molar-refractivity contribution in [2.24, 2.45) is 0 Å². The highest BCUT2D eigenvalue weighted by Crippen LogP contribution is 2.44. The van der Waals surface area contributed by atoms with Gasteiger partial charge in [-0.2, -0.15) is 0 Å². The van der Waals surface area contributed by atoms with E-state index < -0.39 is 0 Å². The summed E-state index contributed by atoms with van der Waals surface area (Å²) in [5.74, 6) is 0. The van der Waals surface area contributed by atoms with Crippen LogP contribution in [0.25, 0.3) is 0 Å². The number of para-hydroxylation sites is 1. The highest BCUT2D eigenvalue weighted by Gasteiger charge is 2.32. The highest BCUT2D eigenvalue weighted by molar-refractivity contribution is 6.34. The molecule has 1 unspecified atom stereocenters. The van der Waals surface area contributed by atoms with Gasteiger partial charge in [-0.3, -0.25) is 0 Å². The molecule has 0 saturated heterocycles. The first-order chi connectivity index (χ1) is 9.34. The Hall–Kier alpha value is -1.67. The lowest BCUT2D eigenvalue weighted by Crippen LogP contribution is -2.42. The van der Waals surface area contributed by atoms with Crippen molar-refractivity contribution in [3.63, 3.8) is 0 Å². The second kappa shape index (κ2) is 4.17.